The fourth-order valence-corrected chi connectivity index (χ4v) is 5.20. The molecule has 0 bridgehead atoms. The highest BCUT2D eigenvalue weighted by atomic mass is 16.6. The number of nitrogens with one attached hydrogen (secondary N) is 4. The minimum Gasteiger partial charge on any atom is -0.484 e. The van der Waals surface area contributed by atoms with Crippen molar-refractivity contribution < 1.29 is 57.6 Å². The molecule has 0 aliphatic rings. The number of unbranched alkanes of at least 4 members (excludes halogenated alkanes) is 1. The van der Waals surface area contributed by atoms with Crippen LogP contribution >= 0.6 is 0 Å². The molecule has 2 aromatic rings. The molecule has 3 atom stereocenters. The van der Waals surface area contributed by atoms with E-state index in [2.05, 4.69) is 21.3 Å². The molecule has 5 N–H and O–H groups in total. The maximum absolute atomic E-state index is 13.3. The van der Waals surface area contributed by atoms with Gasteiger partial charge in [-0.25, -0.2) is 19.2 Å². The minimum absolute atomic E-state index is 0.0655. The van der Waals surface area contributed by atoms with Gasteiger partial charge in [0.15, 0.2) is 6.61 Å². The van der Waals surface area contributed by atoms with Gasteiger partial charge in [0.2, 0.25) is 5.91 Å². The van der Waals surface area contributed by atoms with E-state index in [-0.39, 0.29) is 43.5 Å². The van der Waals surface area contributed by atoms with Gasteiger partial charge in [0.1, 0.15) is 40.7 Å². The van der Waals surface area contributed by atoms with Crippen molar-refractivity contribution >= 4 is 41.7 Å². The lowest BCUT2D eigenvalue weighted by molar-refractivity contribution is -0.159. The van der Waals surface area contributed by atoms with Crippen LogP contribution in [0.5, 0.6) is 5.75 Å². The second-order valence-corrected chi connectivity index (χ2v) is 16.6. The molecule has 16 heteroatoms. The van der Waals surface area contributed by atoms with Crippen LogP contribution in [-0.2, 0) is 44.6 Å². The first-order valence-electron chi connectivity index (χ1n) is 19.2. The van der Waals surface area contributed by atoms with Crippen LogP contribution in [-0.4, -0.2) is 94.9 Å². The number of carboxylic acid groups (broad SMARTS) is 1. The minimum atomic E-state index is -1.23. The monoisotopic (exact) mass is 812 g/mol. The molecular formula is C42H60N4O12. The van der Waals surface area contributed by atoms with Crippen LogP contribution in [0.3, 0.4) is 0 Å². The number of ether oxygens (including phenoxy) is 4. The largest absolute Gasteiger partial charge is 0.484 e. The maximum Gasteiger partial charge on any atom is 0.335 e. The Morgan fingerprint density at radius 1 is 0.638 bits per heavy atom. The summed E-state index contributed by atoms with van der Waals surface area (Å²) >= 11 is 0. The molecule has 0 spiro atoms. The summed E-state index contributed by atoms with van der Waals surface area (Å²) in [5.74, 6) is -3.88. The van der Waals surface area contributed by atoms with Crippen LogP contribution in [0.25, 0.3) is 0 Å². The molecule has 2 rings (SSSR count). The number of urea groups is 1. The van der Waals surface area contributed by atoms with E-state index in [9.17, 15) is 33.6 Å². The van der Waals surface area contributed by atoms with E-state index < -0.39 is 83.3 Å². The van der Waals surface area contributed by atoms with Gasteiger partial charge in [-0.1, -0.05) is 30.3 Å². The van der Waals surface area contributed by atoms with Crippen molar-refractivity contribution in [1.82, 2.24) is 21.3 Å². The van der Waals surface area contributed by atoms with Crippen molar-refractivity contribution in [2.45, 2.75) is 136 Å². The van der Waals surface area contributed by atoms with Gasteiger partial charge in [-0.05, 0) is 118 Å². The predicted molar refractivity (Wildman–Crippen MR) is 214 cm³/mol. The van der Waals surface area contributed by atoms with E-state index in [0.717, 1.165) is 5.56 Å². The van der Waals surface area contributed by atoms with Crippen LogP contribution in [0.1, 0.15) is 110 Å². The molecule has 2 aromatic carbocycles. The van der Waals surface area contributed by atoms with Gasteiger partial charge in [-0.15, -0.1) is 0 Å². The van der Waals surface area contributed by atoms with Crippen molar-refractivity contribution in [2.24, 2.45) is 0 Å². The van der Waals surface area contributed by atoms with Crippen molar-refractivity contribution in [3.63, 3.8) is 0 Å². The number of amides is 4. The average Bonchev–Trinajstić information content (AvgIpc) is 3.09. The summed E-state index contributed by atoms with van der Waals surface area (Å²) in [5, 5.41) is 19.7. The summed E-state index contributed by atoms with van der Waals surface area (Å²) < 4.78 is 21.8. The number of benzene rings is 2. The Kier molecular flexibility index (Phi) is 18.7. The standard InChI is InChI=1S/C42H60N4O12/c1-40(2,3)56-34(48)23-22-31(38(53)58-42(7,8)9)46-39(54)45-30(37(52)57-41(4,5)6)17-13-14-24-43-35(49)32(25-27-15-11-10-12-16-27)44-33(47)26-55-29-20-18-28(19-21-29)36(50)51/h10-12,15-16,18-21,30-32H,13-14,17,22-26H2,1-9H3,(H,43,49)(H,44,47)(H,50,51)(H2,45,46,54)/t30-,31-,32-/m0/s1. The van der Waals surface area contributed by atoms with E-state index in [4.69, 9.17) is 24.1 Å². The molecule has 0 saturated carbocycles. The highest BCUT2D eigenvalue weighted by Gasteiger charge is 2.31. The van der Waals surface area contributed by atoms with E-state index >= 15 is 0 Å². The van der Waals surface area contributed by atoms with Gasteiger partial charge >= 0.3 is 29.9 Å². The number of aromatic carboxylic acids is 1. The predicted octanol–water partition coefficient (Wildman–Crippen LogP) is 4.62. The molecule has 16 nitrogen and oxygen atoms in total. The summed E-state index contributed by atoms with van der Waals surface area (Å²) in [4.78, 5) is 89.2. The normalized spacial score (nSPS) is 13.1. The summed E-state index contributed by atoms with van der Waals surface area (Å²) in [6.45, 7) is 14.9. The second kappa shape index (κ2) is 22.3. The summed E-state index contributed by atoms with van der Waals surface area (Å²) in [5.41, 5.74) is -1.63. The number of esters is 3. The molecule has 0 aliphatic carbocycles. The van der Waals surface area contributed by atoms with Gasteiger partial charge in [-0.3, -0.25) is 14.4 Å². The highest BCUT2D eigenvalue weighted by Crippen LogP contribution is 2.16. The van der Waals surface area contributed by atoms with Crippen molar-refractivity contribution in [2.75, 3.05) is 13.2 Å². The number of rotatable bonds is 20. The van der Waals surface area contributed by atoms with E-state index in [1.165, 1.54) is 24.3 Å². The number of carbonyl (C=O) groups is 7. The third-order valence-electron chi connectivity index (χ3n) is 7.67. The van der Waals surface area contributed by atoms with Crippen molar-refractivity contribution in [1.29, 1.82) is 0 Å². The number of carbonyl (C=O) groups excluding carboxylic acids is 6. The van der Waals surface area contributed by atoms with Crippen LogP contribution in [0, 0.1) is 0 Å². The molecule has 0 heterocycles. The summed E-state index contributed by atoms with van der Waals surface area (Å²) in [6.07, 6.45) is 0.733. The smallest absolute Gasteiger partial charge is 0.335 e. The molecule has 4 amide bonds. The fraction of sp³-hybridized carbons (Fsp3) is 0.548. The molecule has 0 saturated heterocycles. The lowest BCUT2D eigenvalue weighted by atomic mass is 10.0. The van der Waals surface area contributed by atoms with Gasteiger partial charge in [0.05, 0.1) is 5.56 Å². The quantitative estimate of drug-likeness (QED) is 0.0702. The van der Waals surface area contributed by atoms with Gasteiger partial charge in [0.25, 0.3) is 5.91 Å². The topological polar surface area (TPSA) is 225 Å². The van der Waals surface area contributed by atoms with Gasteiger partial charge in [-0.2, -0.15) is 0 Å². The molecule has 320 valence electrons. The first-order valence-corrected chi connectivity index (χ1v) is 19.2. The molecule has 0 fully saturated rings. The average molecular weight is 813 g/mol. The SMILES string of the molecule is CC(C)(C)OC(=O)CC[C@H](NC(=O)N[C@@H](CCCCNC(=O)[C@H](Cc1ccccc1)NC(=O)COc1ccc(C(=O)O)cc1)C(=O)OC(C)(C)C)C(=O)OC(C)(C)C. The third kappa shape index (κ3) is 20.5. The third-order valence-corrected chi connectivity index (χ3v) is 7.67. The first-order chi connectivity index (χ1) is 26.9. The Labute approximate surface area is 340 Å². The maximum atomic E-state index is 13.3. The highest BCUT2D eigenvalue weighted by molar-refractivity contribution is 5.89. The molecule has 0 aliphatic heterocycles. The Hall–Kier alpha value is -5.67. The van der Waals surface area contributed by atoms with Crippen LogP contribution in [0.4, 0.5) is 4.79 Å². The number of hydrogen-bond donors (Lipinski definition) is 5. The Morgan fingerprint density at radius 2 is 1.17 bits per heavy atom. The first kappa shape index (κ1) is 48.5. The van der Waals surface area contributed by atoms with Gasteiger partial charge < -0.3 is 45.3 Å². The lowest BCUT2D eigenvalue weighted by Gasteiger charge is -2.27. The van der Waals surface area contributed by atoms with E-state index in [1.54, 1.807) is 62.3 Å². The number of hydrogen-bond acceptors (Lipinski definition) is 11. The molecule has 0 unspecified atom stereocenters. The van der Waals surface area contributed by atoms with Crippen LogP contribution in [0.2, 0.25) is 0 Å². The molecule has 0 aromatic heterocycles. The van der Waals surface area contributed by atoms with Crippen LogP contribution in [0.15, 0.2) is 54.6 Å². The molecular weight excluding hydrogens is 752 g/mol. The fourth-order valence-electron chi connectivity index (χ4n) is 5.20. The van der Waals surface area contributed by atoms with E-state index in [1.807, 2.05) is 30.3 Å². The zero-order valence-electron chi connectivity index (χ0n) is 35.0. The van der Waals surface area contributed by atoms with Crippen molar-refractivity contribution in [3.8, 4) is 5.75 Å². The van der Waals surface area contributed by atoms with Gasteiger partial charge in [0, 0.05) is 19.4 Å². The van der Waals surface area contributed by atoms with Crippen LogP contribution < -0.4 is 26.0 Å². The Balaban J connectivity index is 2.05. The summed E-state index contributed by atoms with van der Waals surface area (Å²) in [7, 11) is 0. The number of carboxylic acids is 1. The Morgan fingerprint density at radius 3 is 1.69 bits per heavy atom. The zero-order valence-corrected chi connectivity index (χ0v) is 35.0. The Bertz CT molecular complexity index is 1690. The van der Waals surface area contributed by atoms with E-state index in [0.29, 0.717) is 12.8 Å². The van der Waals surface area contributed by atoms with Crippen molar-refractivity contribution in [3.05, 3.63) is 65.7 Å². The molecule has 58 heavy (non-hydrogen) atoms. The zero-order chi connectivity index (χ0) is 43.7. The summed E-state index contributed by atoms with van der Waals surface area (Å²) in [6, 6.07) is 10.5. The lowest BCUT2D eigenvalue weighted by Crippen LogP contribution is -2.53. The second-order valence-electron chi connectivity index (χ2n) is 16.6. The molecule has 0 radical (unpaired) electrons.